The molecule has 0 aromatic heterocycles. The third-order valence-corrected chi connectivity index (χ3v) is 6.49. The summed E-state index contributed by atoms with van der Waals surface area (Å²) >= 11 is 0. The highest BCUT2D eigenvalue weighted by atomic mass is 16.3. The van der Waals surface area contributed by atoms with Gasteiger partial charge in [0.05, 0.1) is 6.61 Å². The fraction of sp³-hybridized carbons (Fsp3) is 0.435. The van der Waals surface area contributed by atoms with Gasteiger partial charge in [-0.05, 0) is 41.9 Å². The van der Waals surface area contributed by atoms with Crippen LogP contribution in [0.3, 0.4) is 0 Å². The topological polar surface area (TPSA) is 40.5 Å². The van der Waals surface area contributed by atoms with Crippen LogP contribution < -0.4 is 0 Å². The molecule has 1 amide bonds. The first kappa shape index (κ1) is 17.3. The Balaban J connectivity index is 1.66. The molecule has 136 valence electrons. The minimum absolute atomic E-state index is 0.0835. The van der Waals surface area contributed by atoms with Crippen LogP contribution in [-0.4, -0.2) is 35.6 Å². The third kappa shape index (κ3) is 2.57. The molecular formula is C23H27NO2. The number of fused-ring (bicyclic) bond motifs is 1. The number of aliphatic hydroxyl groups excluding tert-OH is 1. The molecule has 3 heteroatoms. The maximum absolute atomic E-state index is 13.4. The first-order chi connectivity index (χ1) is 12.4. The lowest BCUT2D eigenvalue weighted by atomic mass is 9.48. The zero-order valence-electron chi connectivity index (χ0n) is 15.8. The number of likely N-dealkylation sites (tertiary alicyclic amines) is 1. The number of aliphatic hydroxyl groups is 1. The van der Waals surface area contributed by atoms with Gasteiger partial charge >= 0.3 is 0 Å². The number of aryl methyl sites for hydroxylation is 1. The van der Waals surface area contributed by atoms with Crippen LogP contribution in [0.1, 0.15) is 36.2 Å². The van der Waals surface area contributed by atoms with E-state index in [9.17, 15) is 9.90 Å². The molecule has 1 saturated heterocycles. The molecule has 2 aromatic rings. The molecule has 0 bridgehead atoms. The minimum Gasteiger partial charge on any atom is -0.396 e. The van der Waals surface area contributed by atoms with Crippen LogP contribution >= 0.6 is 0 Å². The summed E-state index contributed by atoms with van der Waals surface area (Å²) in [5.41, 5.74) is 4.10. The molecule has 0 unspecified atom stereocenters. The Morgan fingerprint density at radius 2 is 1.96 bits per heavy atom. The van der Waals surface area contributed by atoms with Gasteiger partial charge in [0.15, 0.2) is 0 Å². The summed E-state index contributed by atoms with van der Waals surface area (Å²) in [4.78, 5) is 15.3. The standard InChI is InChI=1S/C23H27NO2/c1-16-7-6-8-17(11-16)18-9-4-5-10-19(18)21(26)24-12-20-22(2,3)13-23(20,14-24)15-25/h4-11,20,25H,12-15H2,1-3H3/t20-,23-/m1/s1. The van der Waals surface area contributed by atoms with Gasteiger partial charge in [0.1, 0.15) is 0 Å². The summed E-state index contributed by atoms with van der Waals surface area (Å²) in [6.45, 7) is 8.15. The highest BCUT2D eigenvalue weighted by Crippen LogP contribution is 2.62. The third-order valence-electron chi connectivity index (χ3n) is 6.49. The number of rotatable bonds is 3. The molecule has 2 fully saturated rings. The van der Waals surface area contributed by atoms with Gasteiger partial charge in [-0.1, -0.05) is 61.9 Å². The molecule has 2 aliphatic rings. The highest BCUT2D eigenvalue weighted by Gasteiger charge is 2.63. The Kier molecular flexibility index (Phi) is 3.96. The number of hydrogen-bond donors (Lipinski definition) is 1. The predicted octanol–water partition coefficient (Wildman–Crippen LogP) is 4.14. The second kappa shape index (κ2) is 5.95. The number of nitrogens with zero attached hydrogens (tertiary/aromatic N) is 1. The van der Waals surface area contributed by atoms with Crippen LogP contribution in [0.2, 0.25) is 0 Å². The first-order valence-corrected chi connectivity index (χ1v) is 9.42. The smallest absolute Gasteiger partial charge is 0.254 e. The maximum Gasteiger partial charge on any atom is 0.254 e. The molecule has 0 radical (unpaired) electrons. The van der Waals surface area contributed by atoms with Crippen molar-refractivity contribution in [2.45, 2.75) is 27.2 Å². The zero-order chi connectivity index (χ0) is 18.5. The summed E-state index contributed by atoms with van der Waals surface area (Å²) in [6, 6.07) is 16.2. The Labute approximate surface area is 155 Å². The lowest BCUT2D eigenvalue weighted by Gasteiger charge is -2.55. The molecular weight excluding hydrogens is 322 g/mol. The fourth-order valence-electron chi connectivity index (χ4n) is 5.40. The summed E-state index contributed by atoms with van der Waals surface area (Å²) in [6.07, 6.45) is 0.991. The van der Waals surface area contributed by atoms with E-state index in [-0.39, 0.29) is 23.3 Å². The quantitative estimate of drug-likeness (QED) is 0.904. The van der Waals surface area contributed by atoms with E-state index in [2.05, 4.69) is 39.0 Å². The van der Waals surface area contributed by atoms with Gasteiger partial charge in [-0.25, -0.2) is 0 Å². The summed E-state index contributed by atoms with van der Waals surface area (Å²) < 4.78 is 0. The normalized spacial score (nSPS) is 26.3. The predicted molar refractivity (Wildman–Crippen MR) is 104 cm³/mol. The van der Waals surface area contributed by atoms with E-state index in [0.717, 1.165) is 29.7 Å². The van der Waals surface area contributed by atoms with E-state index in [0.29, 0.717) is 12.5 Å². The van der Waals surface area contributed by atoms with Gasteiger partial charge < -0.3 is 10.0 Å². The van der Waals surface area contributed by atoms with Crippen molar-refractivity contribution in [2.75, 3.05) is 19.7 Å². The van der Waals surface area contributed by atoms with Crippen molar-refractivity contribution in [1.29, 1.82) is 0 Å². The Morgan fingerprint density at radius 1 is 1.19 bits per heavy atom. The number of benzene rings is 2. The molecule has 1 heterocycles. The van der Waals surface area contributed by atoms with E-state index in [1.165, 1.54) is 5.56 Å². The van der Waals surface area contributed by atoms with Crippen molar-refractivity contribution >= 4 is 5.91 Å². The summed E-state index contributed by atoms with van der Waals surface area (Å²) in [5, 5.41) is 9.97. The average Bonchev–Trinajstić information content (AvgIpc) is 2.96. The van der Waals surface area contributed by atoms with Crippen molar-refractivity contribution in [1.82, 2.24) is 4.90 Å². The van der Waals surface area contributed by atoms with Crippen LogP contribution in [0.15, 0.2) is 48.5 Å². The van der Waals surface area contributed by atoms with E-state index >= 15 is 0 Å². The average molecular weight is 349 g/mol. The monoisotopic (exact) mass is 349 g/mol. The van der Waals surface area contributed by atoms with Crippen LogP contribution in [0.5, 0.6) is 0 Å². The van der Waals surface area contributed by atoms with Crippen molar-refractivity contribution in [2.24, 2.45) is 16.7 Å². The molecule has 0 spiro atoms. The van der Waals surface area contributed by atoms with Crippen molar-refractivity contribution < 1.29 is 9.90 Å². The first-order valence-electron chi connectivity index (χ1n) is 9.42. The number of carbonyl (C=O) groups excluding carboxylic acids is 1. The van der Waals surface area contributed by atoms with E-state index in [4.69, 9.17) is 0 Å². The number of carbonyl (C=O) groups is 1. The van der Waals surface area contributed by atoms with Crippen LogP contribution in [-0.2, 0) is 0 Å². The second-order valence-electron chi connectivity index (χ2n) is 8.84. The zero-order valence-corrected chi connectivity index (χ0v) is 15.8. The van der Waals surface area contributed by atoms with Crippen molar-refractivity contribution in [3.63, 3.8) is 0 Å². The number of amides is 1. The van der Waals surface area contributed by atoms with Crippen molar-refractivity contribution in [3.05, 3.63) is 59.7 Å². The lowest BCUT2D eigenvalue weighted by molar-refractivity contribution is -0.0976. The van der Waals surface area contributed by atoms with E-state index in [1.807, 2.05) is 35.2 Å². The fourth-order valence-corrected chi connectivity index (χ4v) is 5.40. The molecule has 3 nitrogen and oxygen atoms in total. The Morgan fingerprint density at radius 3 is 2.62 bits per heavy atom. The molecule has 4 rings (SSSR count). The van der Waals surface area contributed by atoms with Crippen LogP contribution in [0.4, 0.5) is 0 Å². The van der Waals surface area contributed by atoms with Gasteiger partial charge in [-0.15, -0.1) is 0 Å². The van der Waals surface area contributed by atoms with E-state index in [1.54, 1.807) is 0 Å². The van der Waals surface area contributed by atoms with Gasteiger partial charge in [-0.3, -0.25) is 4.79 Å². The molecule has 2 atom stereocenters. The molecule has 26 heavy (non-hydrogen) atoms. The second-order valence-corrected chi connectivity index (χ2v) is 8.84. The molecule has 2 aromatic carbocycles. The lowest BCUT2D eigenvalue weighted by Crippen LogP contribution is -2.54. The number of hydrogen-bond acceptors (Lipinski definition) is 2. The Bertz CT molecular complexity index is 857. The summed E-state index contributed by atoms with van der Waals surface area (Å²) in [5.74, 6) is 0.468. The highest BCUT2D eigenvalue weighted by molar-refractivity contribution is 6.01. The molecule has 1 N–H and O–H groups in total. The largest absolute Gasteiger partial charge is 0.396 e. The Hall–Kier alpha value is -2.13. The molecule has 1 aliphatic carbocycles. The van der Waals surface area contributed by atoms with Gasteiger partial charge in [0.25, 0.3) is 5.91 Å². The minimum atomic E-state index is -0.0998. The summed E-state index contributed by atoms with van der Waals surface area (Å²) in [7, 11) is 0. The maximum atomic E-state index is 13.4. The van der Waals surface area contributed by atoms with Crippen LogP contribution in [0.25, 0.3) is 11.1 Å². The van der Waals surface area contributed by atoms with Gasteiger partial charge in [0, 0.05) is 24.1 Å². The van der Waals surface area contributed by atoms with Crippen LogP contribution in [0, 0.1) is 23.7 Å². The SMILES string of the molecule is Cc1cccc(-c2ccccc2C(=O)N2C[C@@H]3C(C)(C)C[C@]3(CO)C2)c1. The van der Waals surface area contributed by atoms with Crippen molar-refractivity contribution in [3.8, 4) is 11.1 Å². The molecule has 1 saturated carbocycles. The van der Waals surface area contributed by atoms with E-state index < -0.39 is 0 Å². The van der Waals surface area contributed by atoms with Gasteiger partial charge in [-0.2, -0.15) is 0 Å². The van der Waals surface area contributed by atoms with Gasteiger partial charge in [0.2, 0.25) is 0 Å². The molecule has 1 aliphatic heterocycles.